The lowest BCUT2D eigenvalue weighted by Crippen LogP contribution is -2.41. The standard InChI is InChI=1S/C25H26F3N5O4S/c1-15-13-24(2,3)33(14-15)22-18(23(34)32-38(35,36)20-5-4-12-30-21(20)29)10-11-19(31-22)16-6-8-17(9-7-16)37-25(26,27)28/h4-12,15H,13-14H2,1-3H3,(H2,29,30)(H,32,34)/t15-/m0/s1. The minimum Gasteiger partial charge on any atom is -0.406 e. The molecule has 2 aromatic heterocycles. The van der Waals surface area contributed by atoms with Gasteiger partial charge in [-0.3, -0.25) is 4.79 Å². The molecule has 3 N–H and O–H groups in total. The Morgan fingerprint density at radius 1 is 1.16 bits per heavy atom. The van der Waals surface area contributed by atoms with Gasteiger partial charge in [-0.1, -0.05) is 6.92 Å². The molecule has 0 unspecified atom stereocenters. The lowest BCUT2D eigenvalue weighted by molar-refractivity contribution is -0.274. The third-order valence-corrected chi connectivity index (χ3v) is 7.53. The highest BCUT2D eigenvalue weighted by Crippen LogP contribution is 2.38. The molecule has 0 spiro atoms. The highest BCUT2D eigenvalue weighted by Gasteiger charge is 2.39. The maximum atomic E-state index is 13.3. The van der Waals surface area contributed by atoms with Crippen LogP contribution in [0.4, 0.5) is 24.8 Å². The number of hydrogen-bond donors (Lipinski definition) is 2. The molecule has 4 rings (SSSR count). The number of nitrogens with one attached hydrogen (secondary N) is 1. The number of rotatable bonds is 6. The fourth-order valence-electron chi connectivity index (χ4n) is 4.64. The molecule has 3 heterocycles. The summed E-state index contributed by atoms with van der Waals surface area (Å²) in [7, 11) is -4.34. The van der Waals surface area contributed by atoms with Crippen molar-refractivity contribution >= 4 is 27.6 Å². The first kappa shape index (κ1) is 27.2. The normalized spacial score (nSPS) is 17.3. The summed E-state index contributed by atoms with van der Waals surface area (Å²) >= 11 is 0. The van der Waals surface area contributed by atoms with Crippen molar-refractivity contribution in [2.75, 3.05) is 17.2 Å². The number of ether oxygens (including phenoxy) is 1. The Hall–Kier alpha value is -3.87. The molecule has 202 valence electrons. The van der Waals surface area contributed by atoms with E-state index in [1.807, 2.05) is 23.5 Å². The number of aromatic nitrogens is 2. The number of amides is 1. The van der Waals surface area contributed by atoms with E-state index in [2.05, 4.69) is 21.6 Å². The van der Waals surface area contributed by atoms with Gasteiger partial charge >= 0.3 is 6.36 Å². The Balaban J connectivity index is 1.73. The van der Waals surface area contributed by atoms with Gasteiger partial charge in [-0.05, 0) is 74.7 Å². The highest BCUT2D eigenvalue weighted by atomic mass is 32.2. The Labute approximate surface area is 217 Å². The first-order valence-corrected chi connectivity index (χ1v) is 13.1. The van der Waals surface area contributed by atoms with Gasteiger partial charge in [-0.15, -0.1) is 13.2 Å². The van der Waals surface area contributed by atoms with E-state index in [9.17, 15) is 26.4 Å². The monoisotopic (exact) mass is 549 g/mol. The number of carbonyl (C=O) groups excluding carboxylic acids is 1. The number of nitrogens with zero attached hydrogens (tertiary/aromatic N) is 3. The van der Waals surface area contributed by atoms with Crippen LogP contribution in [0.5, 0.6) is 5.75 Å². The third-order valence-electron chi connectivity index (χ3n) is 6.15. The minimum atomic E-state index is -4.82. The predicted molar refractivity (Wildman–Crippen MR) is 135 cm³/mol. The van der Waals surface area contributed by atoms with Crippen LogP contribution in [0.2, 0.25) is 0 Å². The van der Waals surface area contributed by atoms with Crippen LogP contribution in [0.25, 0.3) is 11.3 Å². The van der Waals surface area contributed by atoms with Gasteiger partial charge in [0.2, 0.25) is 0 Å². The summed E-state index contributed by atoms with van der Waals surface area (Å²) in [5.74, 6) is -1.03. The van der Waals surface area contributed by atoms with Crippen molar-refractivity contribution in [1.82, 2.24) is 14.7 Å². The number of alkyl halides is 3. The van der Waals surface area contributed by atoms with E-state index < -0.39 is 27.8 Å². The Bertz CT molecular complexity index is 1460. The second kappa shape index (κ2) is 9.78. The van der Waals surface area contributed by atoms with E-state index in [0.29, 0.717) is 17.8 Å². The molecule has 1 aromatic carbocycles. The van der Waals surface area contributed by atoms with Crippen molar-refractivity contribution < 1.29 is 31.1 Å². The molecule has 0 bridgehead atoms. The zero-order valence-corrected chi connectivity index (χ0v) is 21.6. The van der Waals surface area contributed by atoms with E-state index in [-0.39, 0.29) is 33.8 Å². The lowest BCUT2D eigenvalue weighted by atomic mass is 9.97. The van der Waals surface area contributed by atoms with Crippen LogP contribution < -0.4 is 20.1 Å². The van der Waals surface area contributed by atoms with Gasteiger partial charge in [-0.25, -0.2) is 23.1 Å². The zero-order valence-electron chi connectivity index (χ0n) is 20.8. The van der Waals surface area contributed by atoms with Crippen LogP contribution in [0.15, 0.2) is 59.6 Å². The summed E-state index contributed by atoms with van der Waals surface area (Å²) < 4.78 is 69.3. The van der Waals surface area contributed by atoms with Crippen molar-refractivity contribution in [3.63, 3.8) is 0 Å². The number of benzene rings is 1. The summed E-state index contributed by atoms with van der Waals surface area (Å²) in [6.07, 6.45) is -2.69. The average molecular weight is 550 g/mol. The van der Waals surface area contributed by atoms with Crippen LogP contribution in [-0.2, 0) is 10.0 Å². The molecule has 9 nitrogen and oxygen atoms in total. The quantitative estimate of drug-likeness (QED) is 0.464. The molecule has 1 atom stereocenters. The van der Waals surface area contributed by atoms with Gasteiger partial charge < -0.3 is 15.4 Å². The van der Waals surface area contributed by atoms with Crippen LogP contribution in [0, 0.1) is 5.92 Å². The fraction of sp³-hybridized carbons (Fsp3) is 0.320. The fourth-order valence-corrected chi connectivity index (χ4v) is 5.69. The minimum absolute atomic E-state index is 0.0130. The largest absolute Gasteiger partial charge is 0.573 e. The maximum Gasteiger partial charge on any atom is 0.573 e. The summed E-state index contributed by atoms with van der Waals surface area (Å²) in [6, 6.07) is 10.7. The molecule has 1 fully saturated rings. The lowest BCUT2D eigenvalue weighted by Gasteiger charge is -2.34. The molecule has 1 aliphatic heterocycles. The molecule has 1 amide bonds. The van der Waals surface area contributed by atoms with E-state index in [1.54, 1.807) is 0 Å². The Kier molecular flexibility index (Phi) is 6.99. The van der Waals surface area contributed by atoms with Crippen molar-refractivity contribution in [1.29, 1.82) is 0 Å². The molecule has 1 aliphatic rings. The van der Waals surface area contributed by atoms with Crippen LogP contribution >= 0.6 is 0 Å². The van der Waals surface area contributed by atoms with Gasteiger partial charge in [0.1, 0.15) is 22.3 Å². The van der Waals surface area contributed by atoms with Crippen LogP contribution in [-0.4, -0.2) is 42.7 Å². The van der Waals surface area contributed by atoms with Gasteiger partial charge in [-0.2, -0.15) is 0 Å². The second-order valence-electron chi connectivity index (χ2n) is 9.69. The molecular weight excluding hydrogens is 523 g/mol. The van der Waals surface area contributed by atoms with Crippen molar-refractivity contribution in [3.8, 4) is 17.0 Å². The number of nitrogens with two attached hydrogens (primary N) is 1. The van der Waals surface area contributed by atoms with Crippen LogP contribution in [0.1, 0.15) is 37.6 Å². The number of anilines is 2. The van der Waals surface area contributed by atoms with Gasteiger partial charge in [0.25, 0.3) is 15.9 Å². The van der Waals surface area contributed by atoms with Crippen molar-refractivity contribution in [3.05, 3.63) is 60.3 Å². The smallest absolute Gasteiger partial charge is 0.406 e. The molecule has 0 saturated carbocycles. The Morgan fingerprint density at radius 3 is 2.42 bits per heavy atom. The second-order valence-corrected chi connectivity index (χ2v) is 11.3. The highest BCUT2D eigenvalue weighted by molar-refractivity contribution is 7.90. The van der Waals surface area contributed by atoms with E-state index >= 15 is 0 Å². The maximum absolute atomic E-state index is 13.3. The molecule has 13 heteroatoms. The molecular formula is C25H26F3N5O4S. The molecule has 0 radical (unpaired) electrons. The first-order chi connectivity index (χ1) is 17.7. The van der Waals surface area contributed by atoms with Gasteiger partial charge in [0, 0.05) is 23.8 Å². The van der Waals surface area contributed by atoms with Crippen LogP contribution in [0.3, 0.4) is 0 Å². The predicted octanol–water partition coefficient (Wildman–Crippen LogP) is 4.37. The molecule has 1 saturated heterocycles. The topological polar surface area (TPSA) is 128 Å². The summed E-state index contributed by atoms with van der Waals surface area (Å²) in [5, 5.41) is 0. The summed E-state index contributed by atoms with van der Waals surface area (Å²) in [5.41, 5.74) is 6.16. The SMILES string of the molecule is C[C@@H]1CN(c2nc(-c3ccc(OC(F)(F)F)cc3)ccc2C(=O)NS(=O)(=O)c2cccnc2N)C(C)(C)C1. The van der Waals surface area contributed by atoms with E-state index in [0.717, 1.165) is 18.6 Å². The summed E-state index contributed by atoms with van der Waals surface area (Å²) in [6.45, 7) is 6.59. The number of carbonyl (C=O) groups is 1. The number of nitrogen functional groups attached to an aromatic ring is 1. The molecule has 0 aliphatic carbocycles. The Morgan fingerprint density at radius 2 is 1.84 bits per heavy atom. The summed E-state index contributed by atoms with van der Waals surface area (Å²) in [4.78, 5) is 23.3. The number of sulfonamides is 1. The van der Waals surface area contributed by atoms with Gasteiger partial charge in [0.05, 0.1) is 11.3 Å². The number of halogens is 3. The van der Waals surface area contributed by atoms with Gasteiger partial charge in [0.15, 0.2) is 0 Å². The molecule has 38 heavy (non-hydrogen) atoms. The average Bonchev–Trinajstić information content (AvgIpc) is 3.09. The number of hydrogen-bond acceptors (Lipinski definition) is 8. The number of pyridine rings is 2. The molecule has 3 aromatic rings. The van der Waals surface area contributed by atoms with Crippen molar-refractivity contribution in [2.24, 2.45) is 5.92 Å². The zero-order chi connectivity index (χ0) is 27.9. The first-order valence-electron chi connectivity index (χ1n) is 11.6. The van der Waals surface area contributed by atoms with Crippen molar-refractivity contribution in [2.45, 2.75) is 44.0 Å². The van der Waals surface area contributed by atoms with E-state index in [4.69, 9.17) is 5.73 Å². The van der Waals surface area contributed by atoms with E-state index in [1.165, 1.54) is 42.6 Å². The third kappa shape index (κ3) is 5.82.